The predicted molar refractivity (Wildman–Crippen MR) is 447 cm³/mol. The molecule has 0 saturated carbocycles. The predicted octanol–water partition coefficient (Wildman–Crippen LogP) is 1.67. The molecule has 119 heavy (non-hydrogen) atoms. The Bertz CT molecular complexity index is 4370. The van der Waals surface area contributed by atoms with Crippen LogP contribution in [-0.4, -0.2) is 245 Å². The van der Waals surface area contributed by atoms with Gasteiger partial charge in [-0.2, -0.15) is 0 Å². The Balaban J connectivity index is 1.10. The smallest absolute Gasteiger partial charge is 0.321 e. The number of halogens is 1. The van der Waals surface area contributed by atoms with Crippen LogP contribution in [0.25, 0.3) is 10.8 Å². The first-order valence-corrected chi connectivity index (χ1v) is 40.7. The Kier molecular flexibility index (Phi) is 37.2. The van der Waals surface area contributed by atoms with Crippen LogP contribution in [0, 0.1) is 5.92 Å². The highest BCUT2D eigenvalue weighted by Crippen LogP contribution is 2.24. The zero-order valence-electron chi connectivity index (χ0n) is 67.9. The topological polar surface area (TPSA) is 482 Å². The molecular weight excluding hydrogens is 1550 g/mol. The van der Waals surface area contributed by atoms with Crippen molar-refractivity contribution in [2.45, 2.75) is 178 Å². The van der Waals surface area contributed by atoms with Gasteiger partial charge in [0.1, 0.15) is 60.4 Å². The van der Waals surface area contributed by atoms with Gasteiger partial charge in [-0.25, -0.2) is 9.59 Å². The normalized spacial score (nSPS) is 15.8. The van der Waals surface area contributed by atoms with Crippen molar-refractivity contribution in [3.8, 4) is 0 Å². The number of amides is 14. The average Bonchev–Trinajstić information content (AvgIpc) is 1.82. The molecule has 10 atom stereocenters. The largest absolute Gasteiger partial charge is 0.395 e. The number of carbonyl (C=O) groups excluding carboxylic acids is 12. The van der Waals surface area contributed by atoms with Crippen molar-refractivity contribution in [2.75, 3.05) is 77.6 Å². The van der Waals surface area contributed by atoms with Gasteiger partial charge in [-0.05, 0) is 132 Å². The molecule has 0 spiro atoms. The number of morpholine rings is 1. The summed E-state index contributed by atoms with van der Waals surface area (Å²) in [6.07, 6.45) is 3.73. The number of likely N-dealkylation sites (tertiary alicyclic amines) is 1. The van der Waals surface area contributed by atoms with E-state index in [1.54, 1.807) is 66.7 Å². The van der Waals surface area contributed by atoms with Crippen LogP contribution in [0.15, 0.2) is 140 Å². The summed E-state index contributed by atoms with van der Waals surface area (Å²) in [5.74, 6) is -8.68. The molecule has 0 bridgehead atoms. The van der Waals surface area contributed by atoms with Crippen LogP contribution in [0.2, 0.25) is 5.02 Å². The third-order valence-corrected chi connectivity index (χ3v) is 20.7. The van der Waals surface area contributed by atoms with Crippen molar-refractivity contribution < 1.29 is 77.6 Å². The van der Waals surface area contributed by atoms with Gasteiger partial charge in [0.2, 0.25) is 59.1 Å². The molecule has 0 aliphatic carbocycles. The van der Waals surface area contributed by atoms with E-state index in [0.29, 0.717) is 91.5 Å². The maximum Gasteiger partial charge on any atom is 0.321 e. The molecule has 34 heteroatoms. The van der Waals surface area contributed by atoms with E-state index in [9.17, 15) is 44.1 Å². The Morgan fingerprint density at radius 2 is 1.02 bits per heavy atom. The summed E-state index contributed by atoms with van der Waals surface area (Å²) < 4.78 is 5.56. The van der Waals surface area contributed by atoms with Gasteiger partial charge in [0.15, 0.2) is 0 Å². The number of hydrogen-bond donors (Lipinski definition) is 16. The minimum atomic E-state index is -1.86. The quantitative estimate of drug-likeness (QED) is 0.0242. The zero-order chi connectivity index (χ0) is 86.1. The van der Waals surface area contributed by atoms with Gasteiger partial charge in [0, 0.05) is 101 Å². The summed E-state index contributed by atoms with van der Waals surface area (Å²) >= 11 is 6.28. The van der Waals surface area contributed by atoms with E-state index >= 15 is 28.8 Å². The molecule has 2 aliphatic heterocycles. The first kappa shape index (κ1) is 93.3. The Labute approximate surface area is 697 Å². The molecule has 14 amide bonds. The molecule has 2 fully saturated rings. The summed E-state index contributed by atoms with van der Waals surface area (Å²) in [6.45, 7) is 10.8. The number of nitrogens with zero attached hydrogens (tertiary/aromatic N) is 4. The Hall–Kier alpha value is -11.2. The number of benzene rings is 5. The fourth-order valence-corrected chi connectivity index (χ4v) is 14.1. The number of anilines is 1. The fraction of sp³-hybridized carbons (Fsp3) is 0.471. The van der Waals surface area contributed by atoms with Gasteiger partial charge in [0.05, 0.1) is 33.0 Å². The molecule has 1 aromatic heterocycles. The van der Waals surface area contributed by atoms with Crippen LogP contribution in [-0.2, 0) is 91.3 Å². The van der Waals surface area contributed by atoms with Gasteiger partial charge < -0.3 is 99.8 Å². The molecule has 2 saturated heterocycles. The number of urea groups is 2. The number of aromatic nitrogens is 1. The molecule has 6 aromatic rings. The number of hydrogen-bond acceptors (Lipinski definition) is 19. The van der Waals surface area contributed by atoms with Crippen molar-refractivity contribution in [3.63, 3.8) is 0 Å². The maximum absolute atomic E-state index is 15.6. The van der Waals surface area contributed by atoms with Crippen LogP contribution in [0.4, 0.5) is 15.3 Å². The molecular formula is C85H114ClN17O16. The van der Waals surface area contributed by atoms with Crippen molar-refractivity contribution >= 4 is 99.2 Å². The third-order valence-electron chi connectivity index (χ3n) is 20.4. The van der Waals surface area contributed by atoms with Gasteiger partial charge in [0.25, 0.3) is 0 Å². The number of fused-ring (bicyclic) bond motifs is 1. The summed E-state index contributed by atoms with van der Waals surface area (Å²) in [5.41, 5.74) is 14.8. The Morgan fingerprint density at radius 1 is 0.529 bits per heavy atom. The number of nitrogens with two attached hydrogens (primary N) is 2. The molecule has 8 rings (SSSR count). The second-order valence-corrected chi connectivity index (χ2v) is 31.1. The van der Waals surface area contributed by atoms with Gasteiger partial charge in [-0.15, -0.1) is 0 Å². The number of primary amides is 2. The molecule has 2 aliphatic rings. The number of carbonyl (C=O) groups is 12. The van der Waals surface area contributed by atoms with Crippen LogP contribution < -0.4 is 70.0 Å². The first-order valence-electron chi connectivity index (χ1n) is 40.4. The third kappa shape index (κ3) is 30.3. The number of unbranched alkanes of at least 4 members (excludes halogenated alkanes) is 1. The molecule has 0 radical (unpaired) electrons. The summed E-state index contributed by atoms with van der Waals surface area (Å²) in [4.78, 5) is 181. The molecule has 33 nitrogen and oxygen atoms in total. The number of aliphatic hydroxyl groups is 3. The number of aliphatic hydroxyl groups excluding tert-OH is 3. The molecule has 18 N–H and O–H groups in total. The van der Waals surface area contributed by atoms with E-state index in [4.69, 9.17) is 27.8 Å². The highest BCUT2D eigenvalue weighted by Gasteiger charge is 2.41. The van der Waals surface area contributed by atoms with Crippen LogP contribution in [0.5, 0.6) is 0 Å². The number of pyridine rings is 1. The summed E-state index contributed by atoms with van der Waals surface area (Å²) in [7, 11) is 0. The second-order valence-electron chi connectivity index (χ2n) is 30.7. The fourth-order valence-electron chi connectivity index (χ4n) is 14.0. The SMILES string of the molecule is CC(C)C[C@H](NC(=O)[C@@H](Cc1ccc(NC(=O)N(CCO)CCO)cc1)NC(=O)[C@H](Cc1ccc(CN2CCOCC2)cc1)NC(=O)[C@H](CO)NC(=O)[C@@H](Cc1cccnc1)NC(=O)[C@@H](Cc1ccc(Cl)cc1)NC(=O)[C@@H](Cc1ccc2ccccc2c1)NC(N)=O)C(=O)N[C@@H](CCCCNC(C)C)C(=O)N1CCC[C@H]1C(=O)N[C@H](C)C(N)=O. The van der Waals surface area contributed by atoms with Crippen molar-refractivity contribution in [3.05, 3.63) is 178 Å². The van der Waals surface area contributed by atoms with Crippen molar-refractivity contribution in [2.24, 2.45) is 17.4 Å². The number of rotatable bonds is 45. The number of nitrogens with one attached hydrogen (secondary N) is 11. The van der Waals surface area contributed by atoms with Gasteiger partial charge in [-0.3, -0.25) is 57.8 Å². The molecule has 5 aromatic carbocycles. The lowest BCUT2D eigenvalue weighted by atomic mass is 9.99. The van der Waals surface area contributed by atoms with E-state index in [1.165, 1.54) is 41.2 Å². The lowest BCUT2D eigenvalue weighted by Crippen LogP contribution is -2.62. The van der Waals surface area contributed by atoms with Gasteiger partial charge in [-0.1, -0.05) is 136 Å². The van der Waals surface area contributed by atoms with Crippen molar-refractivity contribution in [1.82, 2.24) is 72.9 Å². The van der Waals surface area contributed by atoms with E-state index < -0.39 is 138 Å². The summed E-state index contributed by atoms with van der Waals surface area (Å²) in [6, 6.07) is 20.6. The van der Waals surface area contributed by atoms with Crippen molar-refractivity contribution in [1.29, 1.82) is 0 Å². The van der Waals surface area contributed by atoms with Gasteiger partial charge >= 0.3 is 12.1 Å². The van der Waals surface area contributed by atoms with E-state index in [1.807, 2.05) is 76.2 Å². The second kappa shape index (κ2) is 47.4. The minimum absolute atomic E-state index is 0.000855. The molecule has 3 heterocycles. The minimum Gasteiger partial charge on any atom is -0.395 e. The standard InChI is InChI=1S/C85H114ClN17O16/c1-52(2)42-66(75(108)93-65(15-8-9-32-90-53(3)4)83(116)103-33-11-16-73(103)82(115)91-54(5)74(87)107)94-76(109)68(46-57-24-29-64(30-25-57)92-85(118)102(34-38-104)35-39-105)95-78(111)69(44-55-17-19-58(20-18-55)50-101-36-40-119-41-37-101)98-81(114)72(51-106)99-79(112)70(48-60-12-10-31-89-49-60)97-77(110)67(45-56-22-27-63(86)28-23-56)96-80(113)71(100-84(88)117)47-59-21-26-61-13-6-7-14-62(61)43-59/h6-7,10,12-14,17-31,43,49,52-54,65-73,90,104-106H,8-9,11,15-16,32-42,44-48,50-51H2,1-5H3,(H2,87,107)(H,91,115)(H,92,118)(H,93,108)(H,94,109)(H,95,111)(H,96,113)(H,97,110)(H,98,114)(H,99,112)(H3,88,100,117)/t54-,65+,66+,67-,68-,69+,70-,71-,72+,73+/m1/s1. The molecule has 642 valence electrons. The monoisotopic (exact) mass is 1660 g/mol. The van der Waals surface area contributed by atoms with E-state index in [2.05, 4.69) is 68.4 Å². The first-order chi connectivity index (χ1) is 57.1. The van der Waals surface area contributed by atoms with Crippen LogP contribution in [0.3, 0.4) is 0 Å². The maximum atomic E-state index is 15.6. The zero-order valence-corrected chi connectivity index (χ0v) is 68.7. The van der Waals surface area contributed by atoms with E-state index in [-0.39, 0.29) is 102 Å². The summed E-state index contributed by atoms with van der Waals surface area (Å²) in [5, 5.41) is 63.1. The van der Waals surface area contributed by atoms with Crippen LogP contribution in [0.1, 0.15) is 107 Å². The lowest BCUT2D eigenvalue weighted by Gasteiger charge is -2.31. The van der Waals surface area contributed by atoms with E-state index in [0.717, 1.165) is 16.3 Å². The highest BCUT2D eigenvalue weighted by molar-refractivity contribution is 6.30. The Morgan fingerprint density at radius 3 is 1.55 bits per heavy atom. The lowest BCUT2D eigenvalue weighted by molar-refractivity contribution is -0.142. The van der Waals surface area contributed by atoms with Crippen LogP contribution >= 0.6 is 11.6 Å². The highest BCUT2D eigenvalue weighted by atomic mass is 35.5. The number of ether oxygens (including phenoxy) is 1. The average molecular weight is 1670 g/mol. The molecule has 0 unspecified atom stereocenters.